The molecule has 5 heteroatoms. The second kappa shape index (κ2) is 7.08. The lowest BCUT2D eigenvalue weighted by Gasteiger charge is -2.56. The van der Waals surface area contributed by atoms with Gasteiger partial charge >= 0.3 is 5.97 Å². The summed E-state index contributed by atoms with van der Waals surface area (Å²) >= 11 is 1.90. The largest absolute Gasteiger partial charge is 0.467 e. The van der Waals surface area contributed by atoms with Gasteiger partial charge in [0.15, 0.2) is 0 Å². The van der Waals surface area contributed by atoms with Crippen molar-refractivity contribution in [1.29, 1.82) is 0 Å². The van der Waals surface area contributed by atoms with Crippen molar-refractivity contribution in [3.8, 4) is 0 Å². The van der Waals surface area contributed by atoms with Gasteiger partial charge in [0.2, 0.25) is 5.91 Å². The zero-order valence-electron chi connectivity index (χ0n) is 16.6. The standard InChI is InChI=1S/C23H29NO3S/c1-27-22(26)20-9-18-4-2-3-5-19(18)13-24(20)21(25)14-28-23-10-15-6-16(11-23)8-17(7-15)12-23/h2-5,15-17,20H,6-14H2,1H3/t15?,16?,17?,20-,23?/m0/s1. The van der Waals surface area contributed by atoms with Crippen LogP contribution in [0.1, 0.15) is 49.7 Å². The van der Waals surface area contributed by atoms with E-state index in [1.807, 2.05) is 23.9 Å². The van der Waals surface area contributed by atoms with Gasteiger partial charge in [-0.1, -0.05) is 24.3 Å². The van der Waals surface area contributed by atoms with E-state index in [4.69, 9.17) is 4.74 Å². The third-order valence-electron chi connectivity index (χ3n) is 7.53. The normalized spacial score (nSPS) is 35.5. The molecule has 1 aliphatic heterocycles. The van der Waals surface area contributed by atoms with Gasteiger partial charge in [0, 0.05) is 17.7 Å². The van der Waals surface area contributed by atoms with E-state index < -0.39 is 6.04 Å². The molecule has 0 radical (unpaired) electrons. The summed E-state index contributed by atoms with van der Waals surface area (Å²) in [5, 5.41) is 0. The summed E-state index contributed by atoms with van der Waals surface area (Å²) < 4.78 is 5.34. The summed E-state index contributed by atoms with van der Waals surface area (Å²) in [5.41, 5.74) is 2.30. The molecule has 1 atom stereocenters. The van der Waals surface area contributed by atoms with Crippen LogP contribution in [0, 0.1) is 17.8 Å². The Kier molecular flexibility index (Phi) is 4.69. The molecule has 0 saturated heterocycles. The van der Waals surface area contributed by atoms with Crippen molar-refractivity contribution in [1.82, 2.24) is 4.90 Å². The van der Waals surface area contributed by atoms with Crippen LogP contribution in [0.3, 0.4) is 0 Å². The molecule has 1 aromatic rings. The zero-order chi connectivity index (χ0) is 19.3. The molecule has 4 aliphatic carbocycles. The van der Waals surface area contributed by atoms with E-state index >= 15 is 0 Å². The number of nitrogens with zero attached hydrogens (tertiary/aromatic N) is 1. The number of benzene rings is 1. The van der Waals surface area contributed by atoms with E-state index in [1.54, 1.807) is 4.90 Å². The van der Waals surface area contributed by atoms with Gasteiger partial charge in [0.05, 0.1) is 12.9 Å². The van der Waals surface area contributed by atoms with Gasteiger partial charge in [-0.25, -0.2) is 4.79 Å². The Bertz CT molecular complexity index is 757. The van der Waals surface area contributed by atoms with Gasteiger partial charge in [-0.05, 0) is 67.4 Å². The number of esters is 1. The summed E-state index contributed by atoms with van der Waals surface area (Å²) in [6, 6.07) is 7.62. The molecule has 150 valence electrons. The fraction of sp³-hybridized carbons (Fsp3) is 0.652. The molecule has 4 nitrogen and oxygen atoms in total. The molecule has 1 amide bonds. The van der Waals surface area contributed by atoms with Crippen molar-refractivity contribution in [3.05, 3.63) is 35.4 Å². The predicted molar refractivity (Wildman–Crippen MR) is 110 cm³/mol. The van der Waals surface area contributed by atoms with Gasteiger partial charge in [-0.3, -0.25) is 4.79 Å². The number of fused-ring (bicyclic) bond motifs is 1. The molecule has 0 spiro atoms. The Morgan fingerprint density at radius 2 is 1.68 bits per heavy atom. The highest BCUT2D eigenvalue weighted by Crippen LogP contribution is 2.60. The maximum absolute atomic E-state index is 13.2. The lowest BCUT2D eigenvalue weighted by Crippen LogP contribution is -2.51. The smallest absolute Gasteiger partial charge is 0.328 e. The fourth-order valence-corrected chi connectivity index (χ4v) is 8.29. The average Bonchev–Trinajstić information content (AvgIpc) is 2.69. The van der Waals surface area contributed by atoms with E-state index in [9.17, 15) is 9.59 Å². The first-order valence-electron chi connectivity index (χ1n) is 10.6. The highest BCUT2D eigenvalue weighted by Gasteiger charge is 2.51. The van der Waals surface area contributed by atoms with Gasteiger partial charge in [0.25, 0.3) is 0 Å². The van der Waals surface area contributed by atoms with Crippen LogP contribution < -0.4 is 0 Å². The van der Waals surface area contributed by atoms with Crippen LogP contribution in [0.15, 0.2) is 24.3 Å². The molecule has 4 bridgehead atoms. The summed E-state index contributed by atoms with van der Waals surface area (Å²) in [6.07, 6.45) is 8.68. The number of hydrogen-bond acceptors (Lipinski definition) is 4. The quantitative estimate of drug-likeness (QED) is 0.722. The third kappa shape index (κ3) is 3.26. The SMILES string of the molecule is COC(=O)[C@@H]1Cc2ccccc2CN1C(=O)CSC12CC3CC(CC(C3)C1)C2. The summed E-state index contributed by atoms with van der Waals surface area (Å²) in [5.74, 6) is 2.94. The van der Waals surface area contributed by atoms with Gasteiger partial charge in [0.1, 0.15) is 6.04 Å². The zero-order valence-corrected chi connectivity index (χ0v) is 17.4. The van der Waals surface area contributed by atoms with Crippen LogP contribution in [-0.4, -0.2) is 40.4 Å². The van der Waals surface area contributed by atoms with E-state index in [1.165, 1.54) is 45.6 Å². The molecule has 0 aromatic heterocycles. The first-order valence-corrected chi connectivity index (χ1v) is 11.6. The van der Waals surface area contributed by atoms with E-state index in [-0.39, 0.29) is 11.9 Å². The predicted octanol–water partition coefficient (Wildman–Crippen LogP) is 3.81. The first-order chi connectivity index (χ1) is 13.5. The highest BCUT2D eigenvalue weighted by atomic mass is 32.2. The number of amides is 1. The molecule has 1 aromatic carbocycles. The van der Waals surface area contributed by atoms with Crippen LogP contribution in [0.25, 0.3) is 0 Å². The second-order valence-electron chi connectivity index (χ2n) is 9.42. The van der Waals surface area contributed by atoms with Crippen molar-refractivity contribution < 1.29 is 14.3 Å². The molecule has 0 N–H and O–H groups in total. The van der Waals surface area contributed by atoms with Crippen LogP contribution in [-0.2, 0) is 27.3 Å². The molecule has 4 saturated carbocycles. The van der Waals surface area contributed by atoms with E-state index in [0.717, 1.165) is 28.9 Å². The molecular weight excluding hydrogens is 370 g/mol. The molecule has 4 fully saturated rings. The lowest BCUT2D eigenvalue weighted by molar-refractivity contribution is -0.153. The van der Waals surface area contributed by atoms with Gasteiger partial charge in [-0.2, -0.15) is 0 Å². The Morgan fingerprint density at radius 1 is 1.07 bits per heavy atom. The van der Waals surface area contributed by atoms with Crippen molar-refractivity contribution in [2.45, 2.75) is 62.3 Å². The Morgan fingerprint density at radius 3 is 2.29 bits per heavy atom. The van der Waals surface area contributed by atoms with Crippen molar-refractivity contribution in [3.63, 3.8) is 0 Å². The molecule has 6 rings (SSSR count). The highest BCUT2D eigenvalue weighted by molar-refractivity contribution is 8.01. The molecule has 1 heterocycles. The van der Waals surface area contributed by atoms with Crippen LogP contribution in [0.4, 0.5) is 0 Å². The molecule has 28 heavy (non-hydrogen) atoms. The van der Waals surface area contributed by atoms with Crippen LogP contribution in [0.5, 0.6) is 0 Å². The molecule has 5 aliphatic rings. The average molecular weight is 400 g/mol. The summed E-state index contributed by atoms with van der Waals surface area (Å²) in [7, 11) is 1.41. The number of ether oxygens (including phenoxy) is 1. The number of hydrogen-bond donors (Lipinski definition) is 0. The third-order valence-corrected chi connectivity index (χ3v) is 9.03. The lowest BCUT2D eigenvalue weighted by atomic mass is 9.56. The van der Waals surface area contributed by atoms with Crippen LogP contribution in [0.2, 0.25) is 0 Å². The second-order valence-corrected chi connectivity index (χ2v) is 10.9. The van der Waals surface area contributed by atoms with Gasteiger partial charge in [-0.15, -0.1) is 11.8 Å². The Hall–Kier alpha value is -1.49. The number of carbonyl (C=O) groups is 2. The maximum atomic E-state index is 13.2. The summed E-state index contributed by atoms with van der Waals surface area (Å²) in [6.45, 7) is 0.510. The van der Waals surface area contributed by atoms with Crippen molar-refractivity contribution >= 4 is 23.6 Å². The van der Waals surface area contributed by atoms with E-state index in [0.29, 0.717) is 23.5 Å². The van der Waals surface area contributed by atoms with Crippen LogP contribution >= 0.6 is 11.8 Å². The number of rotatable bonds is 4. The first kappa shape index (κ1) is 18.5. The minimum absolute atomic E-state index is 0.0886. The monoisotopic (exact) mass is 399 g/mol. The Labute approximate surface area is 171 Å². The number of thioether (sulfide) groups is 1. The maximum Gasteiger partial charge on any atom is 0.328 e. The minimum atomic E-state index is -0.496. The topological polar surface area (TPSA) is 46.6 Å². The summed E-state index contributed by atoms with van der Waals surface area (Å²) in [4.78, 5) is 27.4. The number of methoxy groups -OCH3 is 1. The number of carbonyl (C=O) groups excluding carboxylic acids is 2. The van der Waals surface area contributed by atoms with E-state index in [2.05, 4.69) is 12.1 Å². The van der Waals surface area contributed by atoms with Gasteiger partial charge < -0.3 is 9.64 Å². The Balaban J connectivity index is 1.30. The minimum Gasteiger partial charge on any atom is -0.467 e. The van der Waals surface area contributed by atoms with Crippen molar-refractivity contribution in [2.24, 2.45) is 17.8 Å². The molecule has 0 unspecified atom stereocenters. The van der Waals surface area contributed by atoms with Crippen molar-refractivity contribution in [2.75, 3.05) is 12.9 Å². The fourth-order valence-electron chi connectivity index (χ4n) is 6.64. The molecular formula is C23H29NO3S.